The van der Waals surface area contributed by atoms with Crippen molar-refractivity contribution in [2.24, 2.45) is 0 Å². The number of hydrogen-bond donors (Lipinski definition) is 1. The van der Waals surface area contributed by atoms with E-state index >= 15 is 0 Å². The van der Waals surface area contributed by atoms with Gasteiger partial charge in [0.25, 0.3) is 0 Å². The lowest BCUT2D eigenvalue weighted by Gasteiger charge is -2.41. The lowest BCUT2D eigenvalue weighted by molar-refractivity contribution is -0.121. The maximum absolute atomic E-state index is 12.4. The summed E-state index contributed by atoms with van der Waals surface area (Å²) in [6, 6.07) is 17.5. The number of hydrogen-bond acceptors (Lipinski definition) is 1. The summed E-state index contributed by atoms with van der Waals surface area (Å²) in [4.78, 5) is 12.4. The molecule has 1 saturated heterocycles. The van der Waals surface area contributed by atoms with Crippen LogP contribution in [0.15, 0.2) is 48.5 Å². The molecule has 0 saturated carbocycles. The molecule has 1 fully saturated rings. The largest absolute Gasteiger partial charge is 0.356 e. The van der Waals surface area contributed by atoms with Gasteiger partial charge in [-0.1, -0.05) is 62.4 Å². The number of amides is 1. The molecule has 0 aromatic heterocycles. The van der Waals surface area contributed by atoms with Gasteiger partial charge in [-0.15, -0.1) is 0 Å². The van der Waals surface area contributed by atoms with Crippen LogP contribution in [0.1, 0.15) is 61.3 Å². The van der Waals surface area contributed by atoms with Gasteiger partial charge in [-0.2, -0.15) is 0 Å². The minimum Gasteiger partial charge on any atom is -0.356 e. The summed E-state index contributed by atoms with van der Waals surface area (Å²) in [5, 5.41) is 3.11. The second-order valence-electron chi connectivity index (χ2n) is 7.28. The first-order valence-corrected chi connectivity index (χ1v) is 9.52. The highest BCUT2D eigenvalue weighted by molar-refractivity contribution is 5.77. The highest BCUT2D eigenvalue weighted by atomic mass is 16.1. The molecule has 1 aliphatic heterocycles. The molecule has 0 spiro atoms. The van der Waals surface area contributed by atoms with Gasteiger partial charge < -0.3 is 5.32 Å². The maximum atomic E-state index is 12.4. The SMILES string of the molecule is CCc1ccc([C@@]2(CC)CCNC(=O)C[C@H]2c2ccccc2)c(C)c1. The quantitative estimate of drug-likeness (QED) is 0.846. The van der Waals surface area contributed by atoms with Crippen LogP contribution in [0.2, 0.25) is 0 Å². The van der Waals surface area contributed by atoms with Crippen LogP contribution >= 0.6 is 0 Å². The Morgan fingerprint density at radius 1 is 1.12 bits per heavy atom. The molecule has 132 valence electrons. The van der Waals surface area contributed by atoms with E-state index in [-0.39, 0.29) is 17.2 Å². The van der Waals surface area contributed by atoms with E-state index in [1.165, 1.54) is 22.3 Å². The molecule has 0 radical (unpaired) electrons. The molecule has 0 unspecified atom stereocenters. The summed E-state index contributed by atoms with van der Waals surface area (Å²) in [6.45, 7) is 7.46. The van der Waals surface area contributed by atoms with E-state index in [9.17, 15) is 4.79 Å². The van der Waals surface area contributed by atoms with Gasteiger partial charge in [0.2, 0.25) is 5.91 Å². The van der Waals surface area contributed by atoms with E-state index in [2.05, 4.69) is 74.6 Å². The molecule has 2 heteroatoms. The third-order valence-corrected chi connectivity index (χ3v) is 6.02. The van der Waals surface area contributed by atoms with Crippen molar-refractivity contribution in [3.05, 3.63) is 70.8 Å². The Labute approximate surface area is 151 Å². The molecule has 2 aromatic rings. The standard InChI is InChI=1S/C23H29NO/c1-4-18-11-12-20(17(3)15-18)23(5-2)13-14-24-22(25)16-21(23)19-9-7-6-8-10-19/h6-12,15,21H,4-5,13-14,16H2,1-3H3,(H,24,25)/t21-,23+/m0/s1. The molecule has 3 rings (SSSR count). The fourth-order valence-corrected chi connectivity index (χ4v) is 4.61. The molecular weight excluding hydrogens is 306 g/mol. The predicted molar refractivity (Wildman–Crippen MR) is 104 cm³/mol. The minimum atomic E-state index is -0.00311. The maximum Gasteiger partial charge on any atom is 0.220 e. The van der Waals surface area contributed by atoms with Crippen molar-refractivity contribution in [1.29, 1.82) is 0 Å². The monoisotopic (exact) mass is 335 g/mol. The second kappa shape index (κ2) is 7.43. The van der Waals surface area contributed by atoms with Crippen molar-refractivity contribution in [3.63, 3.8) is 0 Å². The Hall–Kier alpha value is -2.09. The summed E-state index contributed by atoms with van der Waals surface area (Å²) in [6.07, 6.45) is 3.64. The van der Waals surface area contributed by atoms with Gasteiger partial charge in [0.1, 0.15) is 0 Å². The molecule has 1 N–H and O–H groups in total. The van der Waals surface area contributed by atoms with Crippen molar-refractivity contribution in [2.75, 3.05) is 6.54 Å². The van der Waals surface area contributed by atoms with Crippen LogP contribution < -0.4 is 5.32 Å². The Kier molecular flexibility index (Phi) is 5.27. The smallest absolute Gasteiger partial charge is 0.220 e. The molecule has 1 aliphatic rings. The van der Waals surface area contributed by atoms with Crippen molar-refractivity contribution in [3.8, 4) is 0 Å². The van der Waals surface area contributed by atoms with Crippen molar-refractivity contribution in [2.45, 2.75) is 57.8 Å². The average molecular weight is 335 g/mol. The van der Waals surface area contributed by atoms with Gasteiger partial charge in [0, 0.05) is 24.3 Å². The van der Waals surface area contributed by atoms with Crippen LogP contribution in [-0.2, 0) is 16.6 Å². The summed E-state index contributed by atoms with van der Waals surface area (Å²) in [5.41, 5.74) is 5.43. The molecule has 2 nitrogen and oxygen atoms in total. The number of carbonyl (C=O) groups is 1. The zero-order valence-corrected chi connectivity index (χ0v) is 15.6. The fourth-order valence-electron chi connectivity index (χ4n) is 4.61. The van der Waals surface area contributed by atoms with Crippen LogP contribution in [0.5, 0.6) is 0 Å². The van der Waals surface area contributed by atoms with Crippen molar-refractivity contribution >= 4 is 5.91 Å². The molecular formula is C23H29NO. The first-order chi connectivity index (χ1) is 12.1. The van der Waals surface area contributed by atoms with Crippen LogP contribution in [-0.4, -0.2) is 12.5 Å². The van der Waals surface area contributed by atoms with Gasteiger partial charge in [0.05, 0.1) is 0 Å². The van der Waals surface area contributed by atoms with Crippen LogP contribution in [0.3, 0.4) is 0 Å². The molecule has 1 amide bonds. The first kappa shape index (κ1) is 17.7. The molecule has 25 heavy (non-hydrogen) atoms. The van der Waals surface area contributed by atoms with E-state index in [0.29, 0.717) is 6.42 Å². The highest BCUT2D eigenvalue weighted by Crippen LogP contribution is 2.48. The van der Waals surface area contributed by atoms with E-state index in [1.807, 2.05) is 0 Å². The molecule has 2 aromatic carbocycles. The van der Waals surface area contributed by atoms with Gasteiger partial charge >= 0.3 is 0 Å². The van der Waals surface area contributed by atoms with E-state index in [0.717, 1.165) is 25.8 Å². The van der Waals surface area contributed by atoms with Crippen LogP contribution in [0.25, 0.3) is 0 Å². The normalized spacial score (nSPS) is 23.8. The third kappa shape index (κ3) is 3.35. The minimum absolute atomic E-state index is 0.00311. The van der Waals surface area contributed by atoms with Crippen LogP contribution in [0, 0.1) is 6.92 Å². The summed E-state index contributed by atoms with van der Waals surface area (Å²) in [5.74, 6) is 0.388. The lowest BCUT2D eigenvalue weighted by Crippen LogP contribution is -2.34. The number of nitrogens with one attached hydrogen (secondary N) is 1. The number of benzene rings is 2. The molecule has 0 aliphatic carbocycles. The van der Waals surface area contributed by atoms with Gasteiger partial charge in [-0.3, -0.25) is 4.79 Å². The topological polar surface area (TPSA) is 29.1 Å². The lowest BCUT2D eigenvalue weighted by atomic mass is 9.62. The summed E-state index contributed by atoms with van der Waals surface area (Å²) < 4.78 is 0. The van der Waals surface area contributed by atoms with Crippen molar-refractivity contribution < 1.29 is 4.79 Å². The van der Waals surface area contributed by atoms with E-state index < -0.39 is 0 Å². The number of carbonyl (C=O) groups excluding carboxylic acids is 1. The van der Waals surface area contributed by atoms with Gasteiger partial charge in [-0.05, 0) is 48.4 Å². The second-order valence-corrected chi connectivity index (χ2v) is 7.28. The number of aryl methyl sites for hydroxylation is 2. The summed E-state index contributed by atoms with van der Waals surface area (Å²) >= 11 is 0. The Morgan fingerprint density at radius 2 is 1.88 bits per heavy atom. The molecule has 1 heterocycles. The zero-order valence-electron chi connectivity index (χ0n) is 15.6. The summed E-state index contributed by atoms with van der Waals surface area (Å²) in [7, 11) is 0. The van der Waals surface area contributed by atoms with Gasteiger partial charge in [0.15, 0.2) is 0 Å². The highest BCUT2D eigenvalue weighted by Gasteiger charge is 2.42. The Bertz CT molecular complexity index is 737. The third-order valence-electron chi connectivity index (χ3n) is 6.02. The van der Waals surface area contributed by atoms with Crippen LogP contribution in [0.4, 0.5) is 0 Å². The zero-order chi connectivity index (χ0) is 17.9. The Balaban J connectivity index is 2.16. The van der Waals surface area contributed by atoms with E-state index in [1.54, 1.807) is 0 Å². The predicted octanol–water partition coefficient (Wildman–Crippen LogP) is 4.90. The fraction of sp³-hybridized carbons (Fsp3) is 0.435. The average Bonchev–Trinajstić information content (AvgIpc) is 2.81. The van der Waals surface area contributed by atoms with Crippen molar-refractivity contribution in [1.82, 2.24) is 5.32 Å². The van der Waals surface area contributed by atoms with E-state index in [4.69, 9.17) is 0 Å². The molecule has 0 bridgehead atoms. The Morgan fingerprint density at radius 3 is 2.52 bits per heavy atom. The first-order valence-electron chi connectivity index (χ1n) is 9.52. The molecule has 2 atom stereocenters. The van der Waals surface area contributed by atoms with Gasteiger partial charge in [-0.25, -0.2) is 0 Å². The number of rotatable bonds is 4.